The van der Waals surface area contributed by atoms with Crippen LogP contribution in [0.2, 0.25) is 0 Å². The Labute approximate surface area is 291 Å². The SMILES string of the molecule is CCCc1ccc(-c2ccc(C3CCC(CCC(=O)CCC4CCC(c5ccc(-c6ccc(CCC)cc6)cc5)CC4)CC3)cc2)cc1. The first-order chi connectivity index (χ1) is 23.6. The zero-order valence-corrected chi connectivity index (χ0v) is 29.8. The van der Waals surface area contributed by atoms with E-state index in [1.807, 2.05) is 0 Å². The third-order valence-electron chi connectivity index (χ3n) is 11.8. The lowest BCUT2D eigenvalue weighted by atomic mass is 9.76. The fraction of sp³-hybridized carbons (Fsp3) is 0.468. The standard InChI is InChI=1S/C47H58O/c1-3-5-35-7-17-39(18-8-35)43-25-29-45(30-26-43)41-21-11-37(12-22-41)15-33-47(48)34-16-38-13-23-42(24-14-38)46-31-27-44(28-32-46)40-19-9-36(6-4-2)10-20-40/h7-10,17-20,25-32,37-38,41-42H,3-6,11-16,21-24,33-34H2,1-2H3. The zero-order chi connectivity index (χ0) is 33.1. The van der Waals surface area contributed by atoms with Crippen LogP contribution in [0.5, 0.6) is 0 Å². The second kappa shape index (κ2) is 17.3. The van der Waals surface area contributed by atoms with Crippen LogP contribution in [0.4, 0.5) is 0 Å². The van der Waals surface area contributed by atoms with Crippen molar-refractivity contribution in [3.8, 4) is 22.3 Å². The number of carbonyl (C=O) groups excluding carboxylic acids is 1. The molecule has 0 saturated heterocycles. The molecule has 0 radical (unpaired) electrons. The molecule has 6 rings (SSSR count). The molecule has 0 heterocycles. The minimum absolute atomic E-state index is 0.510. The predicted molar refractivity (Wildman–Crippen MR) is 205 cm³/mol. The van der Waals surface area contributed by atoms with Gasteiger partial charge in [0.15, 0.2) is 0 Å². The van der Waals surface area contributed by atoms with E-state index in [2.05, 4.69) is 111 Å². The van der Waals surface area contributed by atoms with Gasteiger partial charge < -0.3 is 0 Å². The lowest BCUT2D eigenvalue weighted by molar-refractivity contribution is -0.119. The highest BCUT2D eigenvalue weighted by Gasteiger charge is 2.25. The van der Waals surface area contributed by atoms with Crippen LogP contribution in [0, 0.1) is 11.8 Å². The third kappa shape index (κ3) is 9.37. The molecular formula is C47H58O. The van der Waals surface area contributed by atoms with Crippen LogP contribution in [0.3, 0.4) is 0 Å². The molecule has 48 heavy (non-hydrogen) atoms. The van der Waals surface area contributed by atoms with E-state index < -0.39 is 0 Å². The quantitative estimate of drug-likeness (QED) is 0.134. The maximum absolute atomic E-state index is 12.9. The van der Waals surface area contributed by atoms with Crippen molar-refractivity contribution in [2.24, 2.45) is 11.8 Å². The van der Waals surface area contributed by atoms with Crippen LogP contribution in [0.1, 0.15) is 138 Å². The Balaban J connectivity index is 0.863. The van der Waals surface area contributed by atoms with Crippen molar-refractivity contribution >= 4 is 5.78 Å². The molecular weight excluding hydrogens is 581 g/mol. The second-order valence-electron chi connectivity index (χ2n) is 15.2. The number of ketones is 1. The van der Waals surface area contributed by atoms with Gasteiger partial charge in [-0.25, -0.2) is 0 Å². The van der Waals surface area contributed by atoms with Crippen LogP contribution in [0.25, 0.3) is 22.3 Å². The molecule has 0 bridgehead atoms. The van der Waals surface area contributed by atoms with E-state index in [0.29, 0.717) is 17.6 Å². The van der Waals surface area contributed by atoms with Crippen LogP contribution >= 0.6 is 0 Å². The second-order valence-corrected chi connectivity index (χ2v) is 15.2. The molecule has 0 N–H and O–H groups in total. The molecule has 0 aromatic heterocycles. The highest BCUT2D eigenvalue weighted by Crippen LogP contribution is 2.40. The summed E-state index contributed by atoms with van der Waals surface area (Å²) in [5.74, 6) is 3.32. The summed E-state index contributed by atoms with van der Waals surface area (Å²) >= 11 is 0. The average molecular weight is 639 g/mol. The Morgan fingerprint density at radius 1 is 0.458 bits per heavy atom. The topological polar surface area (TPSA) is 17.1 Å². The van der Waals surface area contributed by atoms with Crippen molar-refractivity contribution in [1.29, 1.82) is 0 Å². The molecule has 4 aromatic rings. The van der Waals surface area contributed by atoms with Gasteiger partial charge in [-0.3, -0.25) is 4.79 Å². The zero-order valence-electron chi connectivity index (χ0n) is 29.8. The first kappa shape index (κ1) is 34.4. The number of carbonyl (C=O) groups is 1. The monoisotopic (exact) mass is 638 g/mol. The summed E-state index contributed by atoms with van der Waals surface area (Å²) in [6, 6.07) is 36.9. The Morgan fingerprint density at radius 3 is 1.08 bits per heavy atom. The fourth-order valence-corrected chi connectivity index (χ4v) is 8.62. The van der Waals surface area contributed by atoms with E-state index in [-0.39, 0.29) is 0 Å². The van der Waals surface area contributed by atoms with Gasteiger partial charge in [-0.2, -0.15) is 0 Å². The van der Waals surface area contributed by atoms with Crippen LogP contribution in [0.15, 0.2) is 97.1 Å². The molecule has 1 nitrogen and oxygen atoms in total. The number of Topliss-reactive ketones (excluding diaryl/α,β-unsaturated/α-hetero) is 1. The molecule has 2 fully saturated rings. The van der Waals surface area contributed by atoms with Crippen LogP contribution in [-0.2, 0) is 17.6 Å². The molecule has 0 unspecified atom stereocenters. The normalized spacial score (nSPS) is 21.2. The molecule has 0 atom stereocenters. The summed E-state index contributed by atoms with van der Waals surface area (Å²) in [6.45, 7) is 4.47. The molecule has 2 saturated carbocycles. The highest BCUT2D eigenvalue weighted by atomic mass is 16.1. The summed E-state index contributed by atoms with van der Waals surface area (Å²) in [7, 11) is 0. The maximum Gasteiger partial charge on any atom is 0.132 e. The number of rotatable bonds is 14. The molecule has 2 aliphatic carbocycles. The Hall–Kier alpha value is -3.45. The highest BCUT2D eigenvalue weighted by molar-refractivity contribution is 5.78. The molecule has 1 heteroatoms. The third-order valence-corrected chi connectivity index (χ3v) is 11.8. The van der Waals surface area contributed by atoms with Gasteiger partial charge >= 0.3 is 0 Å². The number of aryl methyl sites for hydroxylation is 2. The smallest absolute Gasteiger partial charge is 0.132 e. The van der Waals surface area contributed by atoms with Gasteiger partial charge in [0.05, 0.1) is 0 Å². The molecule has 0 amide bonds. The molecule has 0 aliphatic heterocycles. The van der Waals surface area contributed by atoms with Crippen LogP contribution < -0.4 is 0 Å². The summed E-state index contributed by atoms with van der Waals surface area (Å²) in [4.78, 5) is 12.9. The fourth-order valence-electron chi connectivity index (χ4n) is 8.62. The summed E-state index contributed by atoms with van der Waals surface area (Å²) in [6.07, 6.45) is 18.7. The lowest BCUT2D eigenvalue weighted by Gasteiger charge is -2.29. The van der Waals surface area contributed by atoms with Gasteiger partial charge in [0, 0.05) is 12.8 Å². The summed E-state index contributed by atoms with van der Waals surface area (Å²) in [5.41, 5.74) is 11.1. The van der Waals surface area contributed by atoms with E-state index in [1.165, 1.54) is 109 Å². The Bertz CT molecular complexity index is 1410. The Morgan fingerprint density at radius 2 is 0.771 bits per heavy atom. The van der Waals surface area contributed by atoms with E-state index >= 15 is 0 Å². The molecule has 252 valence electrons. The number of benzene rings is 4. The van der Waals surface area contributed by atoms with Crippen molar-refractivity contribution in [1.82, 2.24) is 0 Å². The van der Waals surface area contributed by atoms with Gasteiger partial charge in [-0.05, 0) is 145 Å². The van der Waals surface area contributed by atoms with Crippen molar-refractivity contribution in [3.63, 3.8) is 0 Å². The van der Waals surface area contributed by atoms with E-state index in [0.717, 1.165) is 50.4 Å². The van der Waals surface area contributed by atoms with E-state index in [9.17, 15) is 4.79 Å². The first-order valence-corrected chi connectivity index (χ1v) is 19.5. The number of hydrogen-bond donors (Lipinski definition) is 0. The van der Waals surface area contributed by atoms with Crippen LogP contribution in [-0.4, -0.2) is 5.78 Å². The van der Waals surface area contributed by atoms with Crippen molar-refractivity contribution in [2.75, 3.05) is 0 Å². The number of hydrogen-bond acceptors (Lipinski definition) is 1. The maximum atomic E-state index is 12.9. The summed E-state index contributed by atoms with van der Waals surface area (Å²) in [5, 5.41) is 0. The van der Waals surface area contributed by atoms with Gasteiger partial charge in [-0.1, -0.05) is 124 Å². The minimum atomic E-state index is 0.510. The van der Waals surface area contributed by atoms with Gasteiger partial charge in [0.1, 0.15) is 5.78 Å². The largest absolute Gasteiger partial charge is 0.300 e. The molecule has 2 aliphatic rings. The van der Waals surface area contributed by atoms with E-state index in [1.54, 1.807) is 0 Å². The summed E-state index contributed by atoms with van der Waals surface area (Å²) < 4.78 is 0. The molecule has 0 spiro atoms. The molecule has 4 aromatic carbocycles. The minimum Gasteiger partial charge on any atom is -0.300 e. The predicted octanol–water partition coefficient (Wildman–Crippen LogP) is 13.3. The average Bonchev–Trinajstić information content (AvgIpc) is 3.15. The van der Waals surface area contributed by atoms with Gasteiger partial charge in [-0.15, -0.1) is 0 Å². The Kier molecular flexibility index (Phi) is 12.4. The van der Waals surface area contributed by atoms with Gasteiger partial charge in [0.2, 0.25) is 0 Å². The van der Waals surface area contributed by atoms with Crippen molar-refractivity contribution in [3.05, 3.63) is 119 Å². The first-order valence-electron chi connectivity index (χ1n) is 19.5. The van der Waals surface area contributed by atoms with E-state index in [4.69, 9.17) is 0 Å². The van der Waals surface area contributed by atoms with Crippen molar-refractivity contribution in [2.45, 2.75) is 128 Å². The van der Waals surface area contributed by atoms with Gasteiger partial charge in [0.25, 0.3) is 0 Å². The van der Waals surface area contributed by atoms with Crippen molar-refractivity contribution < 1.29 is 4.79 Å². The lowest BCUT2D eigenvalue weighted by Crippen LogP contribution is -2.16.